The molecular formula is C14H17FINO2. The molecule has 4 atom stereocenters. The molecule has 0 spiro atoms. The first-order valence-electron chi connectivity index (χ1n) is 6.32. The molecule has 1 saturated heterocycles. The van der Waals surface area contributed by atoms with E-state index in [1.54, 1.807) is 12.1 Å². The Morgan fingerprint density at radius 2 is 2.00 bits per heavy atom. The monoisotopic (exact) mass is 377 g/mol. The van der Waals surface area contributed by atoms with Crippen molar-refractivity contribution in [2.45, 2.75) is 33.0 Å². The van der Waals surface area contributed by atoms with Crippen molar-refractivity contribution < 1.29 is 13.9 Å². The molecule has 0 bridgehead atoms. The van der Waals surface area contributed by atoms with Gasteiger partial charge < -0.3 is 10.1 Å². The quantitative estimate of drug-likeness (QED) is 0.803. The lowest BCUT2D eigenvalue weighted by Gasteiger charge is -2.18. The molecule has 1 fully saturated rings. The third kappa shape index (κ3) is 2.91. The summed E-state index contributed by atoms with van der Waals surface area (Å²) in [4.78, 5) is 12.3. The van der Waals surface area contributed by atoms with Crippen LogP contribution in [-0.2, 0) is 9.53 Å². The molecule has 1 amide bonds. The highest BCUT2D eigenvalue weighted by molar-refractivity contribution is 14.1. The Hall–Kier alpha value is -0.690. The maximum atomic E-state index is 13.4. The second-order valence-corrected chi connectivity index (χ2v) is 6.10. The minimum absolute atomic E-state index is 0.0670. The third-order valence-electron chi connectivity index (χ3n) is 3.75. The number of hydrogen-bond donors (Lipinski definition) is 1. The number of hydrogen-bond acceptors (Lipinski definition) is 2. The SMILES string of the molecule is CC1OC(C)C(C(=O)Nc2cccc(F)c2I)C1C. The van der Waals surface area contributed by atoms with Crippen LogP contribution in [0.25, 0.3) is 0 Å². The highest BCUT2D eigenvalue weighted by Gasteiger charge is 2.41. The standard InChI is InChI=1S/C14H17FINO2/c1-7-8(2)19-9(3)12(7)14(18)17-11-6-4-5-10(15)13(11)16/h4-9,12H,1-3H3,(H,17,18). The zero-order valence-electron chi connectivity index (χ0n) is 11.1. The summed E-state index contributed by atoms with van der Waals surface area (Å²) < 4.78 is 19.5. The molecule has 1 aromatic rings. The van der Waals surface area contributed by atoms with Crippen LogP contribution in [0, 0.1) is 21.2 Å². The Kier molecular flexibility index (Phi) is 4.45. The summed E-state index contributed by atoms with van der Waals surface area (Å²) in [6, 6.07) is 4.68. The molecule has 104 valence electrons. The van der Waals surface area contributed by atoms with Crippen LogP contribution in [0.2, 0.25) is 0 Å². The Balaban J connectivity index is 2.15. The van der Waals surface area contributed by atoms with Crippen LogP contribution in [0.1, 0.15) is 20.8 Å². The van der Waals surface area contributed by atoms with Gasteiger partial charge in [-0.05, 0) is 54.5 Å². The first-order valence-corrected chi connectivity index (χ1v) is 7.40. The molecule has 0 radical (unpaired) electrons. The number of nitrogens with one attached hydrogen (secondary N) is 1. The van der Waals surface area contributed by atoms with Crippen LogP contribution in [0.4, 0.5) is 10.1 Å². The van der Waals surface area contributed by atoms with E-state index < -0.39 is 0 Å². The lowest BCUT2D eigenvalue weighted by molar-refractivity contribution is -0.121. The fraction of sp³-hybridized carbons (Fsp3) is 0.500. The van der Waals surface area contributed by atoms with Crippen molar-refractivity contribution >= 4 is 34.2 Å². The highest BCUT2D eigenvalue weighted by Crippen LogP contribution is 2.33. The second-order valence-electron chi connectivity index (χ2n) is 5.02. The molecule has 1 N–H and O–H groups in total. The van der Waals surface area contributed by atoms with Crippen molar-refractivity contribution in [3.63, 3.8) is 0 Å². The summed E-state index contributed by atoms with van der Waals surface area (Å²) in [6.45, 7) is 5.89. The summed E-state index contributed by atoms with van der Waals surface area (Å²) in [7, 11) is 0. The van der Waals surface area contributed by atoms with E-state index in [9.17, 15) is 9.18 Å². The van der Waals surface area contributed by atoms with Gasteiger partial charge in [0, 0.05) is 0 Å². The van der Waals surface area contributed by atoms with E-state index >= 15 is 0 Å². The van der Waals surface area contributed by atoms with Gasteiger partial charge in [0.2, 0.25) is 5.91 Å². The second kappa shape index (κ2) is 5.75. The number of ether oxygens (including phenoxy) is 1. The fourth-order valence-corrected chi connectivity index (χ4v) is 3.03. The Bertz CT molecular complexity index is 494. The first kappa shape index (κ1) is 14.7. The fourth-order valence-electron chi connectivity index (χ4n) is 2.53. The number of benzene rings is 1. The molecule has 0 aromatic heterocycles. The summed E-state index contributed by atoms with van der Waals surface area (Å²) in [5.41, 5.74) is 0.518. The summed E-state index contributed by atoms with van der Waals surface area (Å²) in [5.74, 6) is -0.473. The van der Waals surface area contributed by atoms with Crippen LogP contribution >= 0.6 is 22.6 Å². The van der Waals surface area contributed by atoms with Crippen LogP contribution in [0.15, 0.2) is 18.2 Å². The molecule has 2 rings (SSSR count). The van der Waals surface area contributed by atoms with Gasteiger partial charge in [0.15, 0.2) is 0 Å². The molecule has 19 heavy (non-hydrogen) atoms. The van der Waals surface area contributed by atoms with Gasteiger partial charge in [0.25, 0.3) is 0 Å². The van der Waals surface area contributed by atoms with Crippen molar-refractivity contribution in [2.24, 2.45) is 11.8 Å². The van der Waals surface area contributed by atoms with Crippen LogP contribution in [0.5, 0.6) is 0 Å². The van der Waals surface area contributed by atoms with Crippen molar-refractivity contribution in [3.05, 3.63) is 27.6 Å². The topological polar surface area (TPSA) is 38.3 Å². The van der Waals surface area contributed by atoms with Crippen LogP contribution < -0.4 is 5.32 Å². The molecule has 4 unspecified atom stereocenters. The number of amides is 1. The average Bonchev–Trinajstić information content (AvgIpc) is 2.59. The molecule has 1 aromatic carbocycles. The number of halogens is 2. The third-order valence-corrected chi connectivity index (χ3v) is 4.85. The van der Waals surface area contributed by atoms with Gasteiger partial charge in [-0.2, -0.15) is 0 Å². The summed E-state index contributed by atoms with van der Waals surface area (Å²) in [5, 5.41) is 2.81. The van der Waals surface area contributed by atoms with Crippen molar-refractivity contribution in [1.82, 2.24) is 0 Å². The van der Waals surface area contributed by atoms with Gasteiger partial charge in [0.1, 0.15) is 5.82 Å². The average molecular weight is 377 g/mol. The van der Waals surface area contributed by atoms with E-state index in [4.69, 9.17) is 4.74 Å². The molecule has 0 aliphatic carbocycles. The minimum atomic E-state index is -0.324. The van der Waals surface area contributed by atoms with Gasteiger partial charge in [-0.25, -0.2) is 4.39 Å². The van der Waals surface area contributed by atoms with Crippen molar-refractivity contribution in [2.75, 3.05) is 5.32 Å². The summed E-state index contributed by atoms with van der Waals surface area (Å²) >= 11 is 1.90. The van der Waals surface area contributed by atoms with Crippen LogP contribution in [0.3, 0.4) is 0 Å². The molecular weight excluding hydrogens is 360 g/mol. The van der Waals surface area contributed by atoms with Gasteiger partial charge >= 0.3 is 0 Å². The van der Waals surface area contributed by atoms with Gasteiger partial charge in [-0.3, -0.25) is 4.79 Å². The number of carbonyl (C=O) groups excluding carboxylic acids is 1. The predicted octanol–water partition coefficient (Wildman–Crippen LogP) is 3.43. The Morgan fingerprint density at radius 1 is 1.32 bits per heavy atom. The van der Waals surface area contributed by atoms with E-state index in [1.165, 1.54) is 6.07 Å². The van der Waals surface area contributed by atoms with E-state index in [-0.39, 0.29) is 35.8 Å². The lowest BCUT2D eigenvalue weighted by Crippen LogP contribution is -2.32. The lowest BCUT2D eigenvalue weighted by atomic mass is 9.89. The molecule has 1 aliphatic rings. The molecule has 3 nitrogen and oxygen atoms in total. The van der Waals surface area contributed by atoms with Crippen molar-refractivity contribution in [3.8, 4) is 0 Å². The number of carbonyl (C=O) groups is 1. The van der Waals surface area contributed by atoms with Crippen LogP contribution in [-0.4, -0.2) is 18.1 Å². The van der Waals surface area contributed by atoms with E-state index in [0.29, 0.717) is 9.26 Å². The molecule has 0 saturated carbocycles. The van der Waals surface area contributed by atoms with Crippen molar-refractivity contribution in [1.29, 1.82) is 0 Å². The van der Waals surface area contributed by atoms with E-state index in [0.717, 1.165) is 0 Å². The van der Waals surface area contributed by atoms with Gasteiger partial charge in [-0.1, -0.05) is 13.0 Å². The predicted molar refractivity (Wildman–Crippen MR) is 80.4 cm³/mol. The first-order chi connectivity index (χ1) is 8.91. The van der Waals surface area contributed by atoms with Gasteiger partial charge in [-0.15, -0.1) is 0 Å². The smallest absolute Gasteiger partial charge is 0.230 e. The normalized spacial score (nSPS) is 30.4. The zero-order chi connectivity index (χ0) is 14.2. The van der Waals surface area contributed by atoms with E-state index in [2.05, 4.69) is 5.32 Å². The minimum Gasteiger partial charge on any atom is -0.374 e. The maximum absolute atomic E-state index is 13.4. The molecule has 1 aliphatic heterocycles. The largest absolute Gasteiger partial charge is 0.374 e. The Morgan fingerprint density at radius 3 is 2.58 bits per heavy atom. The van der Waals surface area contributed by atoms with Gasteiger partial charge in [0.05, 0.1) is 27.4 Å². The Labute approximate surface area is 126 Å². The molecule has 5 heteroatoms. The highest BCUT2D eigenvalue weighted by atomic mass is 127. The maximum Gasteiger partial charge on any atom is 0.230 e. The zero-order valence-corrected chi connectivity index (χ0v) is 13.3. The number of rotatable bonds is 2. The summed E-state index contributed by atoms with van der Waals surface area (Å²) in [6.07, 6.45) is -0.0476. The number of anilines is 1. The molecule has 1 heterocycles. The van der Waals surface area contributed by atoms with E-state index in [1.807, 2.05) is 43.4 Å².